The van der Waals surface area contributed by atoms with Crippen molar-refractivity contribution in [3.8, 4) is 0 Å². The Kier molecular flexibility index (Phi) is 4.23. The Morgan fingerprint density at radius 3 is 2.33 bits per heavy atom. The highest BCUT2D eigenvalue weighted by Crippen LogP contribution is 2.19. The summed E-state index contributed by atoms with van der Waals surface area (Å²) in [5.41, 5.74) is 9.40. The Bertz CT molecular complexity index is 322. The summed E-state index contributed by atoms with van der Waals surface area (Å²) < 4.78 is 0. The first-order chi connectivity index (χ1) is 7.10. The second kappa shape index (κ2) is 5.23. The zero-order valence-electron chi connectivity index (χ0n) is 9.40. The van der Waals surface area contributed by atoms with Gasteiger partial charge in [-0.05, 0) is 29.5 Å². The number of nitrogens with two attached hydrogens (primary N) is 3. The molecule has 6 N–H and O–H groups in total. The van der Waals surface area contributed by atoms with Gasteiger partial charge in [-0.25, -0.2) is 0 Å². The maximum absolute atomic E-state index is 5.88. The molecule has 0 saturated carbocycles. The van der Waals surface area contributed by atoms with Crippen LogP contribution in [-0.4, -0.2) is 5.12 Å². The van der Waals surface area contributed by atoms with Crippen LogP contribution in [0.1, 0.15) is 36.7 Å². The molecule has 0 radical (unpaired) electrons. The highest BCUT2D eigenvalue weighted by molar-refractivity contribution is 5.34. The van der Waals surface area contributed by atoms with Gasteiger partial charge in [0, 0.05) is 0 Å². The van der Waals surface area contributed by atoms with Crippen LogP contribution in [0.2, 0.25) is 0 Å². The normalized spacial score (nSPS) is 13.2. The molecule has 15 heavy (non-hydrogen) atoms. The number of rotatable bonds is 4. The Hall–Kier alpha value is -0.940. The molecule has 0 aliphatic heterocycles. The lowest BCUT2D eigenvalue weighted by Gasteiger charge is -2.22. The SMILES string of the molecule is CCc1ccc(C(N)N(N)N)c(CC)c1. The molecule has 0 saturated heterocycles. The van der Waals surface area contributed by atoms with Crippen LogP contribution < -0.4 is 17.4 Å². The van der Waals surface area contributed by atoms with Crippen molar-refractivity contribution in [2.24, 2.45) is 17.4 Å². The summed E-state index contributed by atoms with van der Waals surface area (Å²) in [5, 5.41) is 1.04. The minimum Gasteiger partial charge on any atom is -0.310 e. The molecule has 0 spiro atoms. The van der Waals surface area contributed by atoms with Gasteiger partial charge in [0.05, 0.1) is 0 Å². The Morgan fingerprint density at radius 2 is 1.87 bits per heavy atom. The maximum atomic E-state index is 5.88. The van der Waals surface area contributed by atoms with Crippen LogP contribution in [0, 0.1) is 0 Å². The molecule has 0 aliphatic carbocycles. The molecule has 0 heterocycles. The Balaban J connectivity index is 3.07. The minimum absolute atomic E-state index is 0.439. The zero-order valence-corrected chi connectivity index (χ0v) is 9.40. The second-order valence-electron chi connectivity index (χ2n) is 3.63. The van der Waals surface area contributed by atoms with Gasteiger partial charge in [-0.3, -0.25) is 11.7 Å². The van der Waals surface area contributed by atoms with Crippen molar-refractivity contribution in [1.29, 1.82) is 0 Å². The van der Waals surface area contributed by atoms with E-state index in [1.807, 2.05) is 6.07 Å². The van der Waals surface area contributed by atoms with Crippen LogP contribution >= 0.6 is 0 Å². The summed E-state index contributed by atoms with van der Waals surface area (Å²) in [6.45, 7) is 4.23. The summed E-state index contributed by atoms with van der Waals surface area (Å²) in [4.78, 5) is 0. The van der Waals surface area contributed by atoms with Crippen molar-refractivity contribution in [2.45, 2.75) is 32.9 Å². The summed E-state index contributed by atoms with van der Waals surface area (Å²) >= 11 is 0. The third kappa shape index (κ3) is 2.76. The van der Waals surface area contributed by atoms with Crippen molar-refractivity contribution in [2.75, 3.05) is 0 Å². The van der Waals surface area contributed by atoms with E-state index in [1.165, 1.54) is 11.1 Å². The zero-order chi connectivity index (χ0) is 11.4. The van der Waals surface area contributed by atoms with Crippen LogP contribution in [0.5, 0.6) is 0 Å². The lowest BCUT2D eigenvalue weighted by atomic mass is 9.99. The molecule has 0 aromatic heterocycles. The van der Waals surface area contributed by atoms with Gasteiger partial charge in [-0.1, -0.05) is 32.0 Å². The number of aryl methyl sites for hydroxylation is 2. The molecule has 4 heteroatoms. The van der Waals surface area contributed by atoms with E-state index < -0.39 is 6.17 Å². The number of hydrogen-bond acceptors (Lipinski definition) is 4. The summed E-state index contributed by atoms with van der Waals surface area (Å²) in [6.07, 6.45) is 1.52. The predicted molar refractivity (Wildman–Crippen MR) is 62.3 cm³/mol. The average molecular weight is 208 g/mol. The largest absolute Gasteiger partial charge is 0.310 e. The predicted octanol–water partition coefficient (Wildman–Crippen LogP) is 0.818. The molecule has 0 bridgehead atoms. The molecule has 0 amide bonds. The first-order valence-electron chi connectivity index (χ1n) is 5.26. The average Bonchev–Trinajstić information content (AvgIpc) is 2.27. The van der Waals surface area contributed by atoms with Gasteiger partial charge >= 0.3 is 0 Å². The van der Waals surface area contributed by atoms with Gasteiger partial charge in [-0.15, -0.1) is 0 Å². The molecule has 1 aromatic rings. The Morgan fingerprint density at radius 1 is 1.20 bits per heavy atom. The molecule has 1 rings (SSSR count). The lowest BCUT2D eigenvalue weighted by Crippen LogP contribution is -2.45. The van der Waals surface area contributed by atoms with Crippen molar-refractivity contribution < 1.29 is 0 Å². The van der Waals surface area contributed by atoms with Crippen LogP contribution in [-0.2, 0) is 12.8 Å². The van der Waals surface area contributed by atoms with Gasteiger partial charge < -0.3 is 5.73 Å². The topological polar surface area (TPSA) is 81.3 Å². The quantitative estimate of drug-likeness (QED) is 0.389. The van der Waals surface area contributed by atoms with Crippen LogP contribution in [0.25, 0.3) is 0 Å². The highest BCUT2D eigenvalue weighted by Gasteiger charge is 2.13. The number of benzene rings is 1. The minimum atomic E-state index is -0.439. The van der Waals surface area contributed by atoms with Gasteiger partial charge in [0.1, 0.15) is 6.17 Å². The fourth-order valence-electron chi connectivity index (χ4n) is 1.63. The highest BCUT2D eigenvalue weighted by atomic mass is 15.6. The van der Waals surface area contributed by atoms with Crippen LogP contribution in [0.15, 0.2) is 18.2 Å². The third-order valence-corrected chi connectivity index (χ3v) is 2.64. The first-order valence-corrected chi connectivity index (χ1v) is 5.26. The number of hydrogen-bond donors (Lipinski definition) is 3. The smallest absolute Gasteiger partial charge is 0.112 e. The van der Waals surface area contributed by atoms with E-state index in [2.05, 4.69) is 26.0 Å². The van der Waals surface area contributed by atoms with Crippen molar-refractivity contribution in [3.63, 3.8) is 0 Å². The number of nitrogens with zero attached hydrogens (tertiary/aromatic N) is 1. The number of hydrazine groups is 2. The van der Waals surface area contributed by atoms with E-state index in [-0.39, 0.29) is 0 Å². The van der Waals surface area contributed by atoms with Crippen LogP contribution in [0.3, 0.4) is 0 Å². The second-order valence-corrected chi connectivity index (χ2v) is 3.63. The maximum Gasteiger partial charge on any atom is 0.112 e. The molecular weight excluding hydrogens is 188 g/mol. The molecule has 1 aromatic carbocycles. The molecule has 84 valence electrons. The first kappa shape index (κ1) is 12.1. The summed E-state index contributed by atoms with van der Waals surface area (Å²) in [5.74, 6) is 10.9. The van der Waals surface area contributed by atoms with Crippen molar-refractivity contribution in [3.05, 3.63) is 34.9 Å². The summed E-state index contributed by atoms with van der Waals surface area (Å²) in [6, 6.07) is 6.24. The monoisotopic (exact) mass is 208 g/mol. The fourth-order valence-corrected chi connectivity index (χ4v) is 1.63. The van der Waals surface area contributed by atoms with E-state index in [9.17, 15) is 0 Å². The molecule has 1 unspecified atom stereocenters. The molecule has 0 fully saturated rings. The molecule has 1 atom stereocenters. The van der Waals surface area contributed by atoms with Crippen molar-refractivity contribution >= 4 is 0 Å². The van der Waals surface area contributed by atoms with E-state index in [4.69, 9.17) is 17.4 Å². The van der Waals surface area contributed by atoms with E-state index >= 15 is 0 Å². The van der Waals surface area contributed by atoms with E-state index in [0.29, 0.717) is 0 Å². The molecular formula is C11H20N4. The van der Waals surface area contributed by atoms with Gasteiger partial charge in [0.2, 0.25) is 0 Å². The standard InChI is InChI=1S/C11H20N4/c1-3-8-5-6-10(9(4-2)7-8)11(12)15(13)14/h5-7,11H,3-4,12-14H2,1-2H3. The summed E-state index contributed by atoms with van der Waals surface area (Å²) in [7, 11) is 0. The third-order valence-electron chi connectivity index (χ3n) is 2.64. The van der Waals surface area contributed by atoms with E-state index in [0.717, 1.165) is 23.5 Å². The molecule has 0 aliphatic rings. The van der Waals surface area contributed by atoms with Gasteiger partial charge in [-0.2, -0.15) is 5.12 Å². The van der Waals surface area contributed by atoms with Gasteiger partial charge in [0.25, 0.3) is 0 Å². The Labute approximate surface area is 91.0 Å². The lowest BCUT2D eigenvalue weighted by molar-refractivity contribution is 0.211. The van der Waals surface area contributed by atoms with E-state index in [1.54, 1.807) is 0 Å². The van der Waals surface area contributed by atoms with Crippen LogP contribution in [0.4, 0.5) is 0 Å². The molecule has 4 nitrogen and oxygen atoms in total. The fraction of sp³-hybridized carbons (Fsp3) is 0.455. The van der Waals surface area contributed by atoms with Gasteiger partial charge in [0.15, 0.2) is 0 Å². The van der Waals surface area contributed by atoms with Crippen molar-refractivity contribution in [1.82, 2.24) is 5.12 Å².